The van der Waals surface area contributed by atoms with Gasteiger partial charge >= 0.3 is 0 Å². The molecule has 0 unspecified atom stereocenters. The molecule has 6 nitrogen and oxygen atoms in total. The summed E-state index contributed by atoms with van der Waals surface area (Å²) in [6.07, 6.45) is 0. The van der Waals surface area contributed by atoms with Crippen LogP contribution in [0.5, 0.6) is 11.5 Å². The largest absolute Gasteiger partial charge is 0.455 e. The van der Waals surface area contributed by atoms with E-state index in [1.54, 1.807) is 48.5 Å². The van der Waals surface area contributed by atoms with Crippen molar-refractivity contribution in [2.45, 2.75) is 4.90 Å². The van der Waals surface area contributed by atoms with Gasteiger partial charge in [-0.25, -0.2) is 8.42 Å². The molecule has 1 aliphatic heterocycles. The maximum atomic E-state index is 13.1. The molecule has 0 bridgehead atoms. The Kier molecular flexibility index (Phi) is 4.60. The van der Waals surface area contributed by atoms with Crippen molar-refractivity contribution in [3.8, 4) is 11.5 Å². The van der Waals surface area contributed by atoms with Crippen LogP contribution in [0.4, 0.5) is 11.4 Å². The summed E-state index contributed by atoms with van der Waals surface area (Å²) in [7, 11) is -3.80. The Labute approximate surface area is 179 Å². The van der Waals surface area contributed by atoms with Gasteiger partial charge in [0.1, 0.15) is 12.3 Å². The van der Waals surface area contributed by atoms with E-state index in [4.69, 9.17) is 4.74 Å². The molecule has 0 aliphatic carbocycles. The molecule has 7 heteroatoms. The highest BCUT2D eigenvalue weighted by Gasteiger charge is 2.36. The van der Waals surface area contributed by atoms with Gasteiger partial charge in [0.2, 0.25) is 5.91 Å². The molecule has 1 amide bonds. The van der Waals surface area contributed by atoms with Crippen LogP contribution in [0.2, 0.25) is 0 Å². The van der Waals surface area contributed by atoms with Crippen LogP contribution in [0, 0.1) is 0 Å². The van der Waals surface area contributed by atoms with Crippen LogP contribution in [0.15, 0.2) is 95.9 Å². The third-order valence-electron chi connectivity index (χ3n) is 5.10. The first-order chi connectivity index (χ1) is 15.0. The zero-order chi connectivity index (χ0) is 21.4. The smallest absolute Gasteiger partial charge is 0.265 e. The SMILES string of the molecule is O=C(CN1c2cccc3cccc(c23)S1(=O)=O)Nc1ccccc1Oc1ccccc1. The molecule has 0 radical (unpaired) electrons. The number of carbonyl (C=O) groups is 1. The zero-order valence-electron chi connectivity index (χ0n) is 16.4. The molecule has 1 aliphatic rings. The molecule has 0 atom stereocenters. The van der Waals surface area contributed by atoms with Gasteiger partial charge in [-0.05, 0) is 41.8 Å². The third kappa shape index (κ3) is 3.39. The number of amides is 1. The standard InChI is InChI=1S/C24H18N2O4S/c27-23(25-19-12-4-5-14-21(19)30-18-10-2-1-3-11-18)16-26-20-13-6-8-17-9-7-15-22(24(17)20)31(26,28)29/h1-15H,16H2,(H,25,27). The topological polar surface area (TPSA) is 75.7 Å². The number of hydrogen-bond donors (Lipinski definition) is 1. The Morgan fingerprint density at radius 2 is 1.55 bits per heavy atom. The van der Waals surface area contributed by atoms with Crippen molar-refractivity contribution < 1.29 is 17.9 Å². The number of rotatable bonds is 5. The summed E-state index contributed by atoms with van der Waals surface area (Å²) in [5, 5.41) is 4.25. The molecule has 0 aromatic heterocycles. The van der Waals surface area contributed by atoms with Gasteiger partial charge in [0.15, 0.2) is 5.75 Å². The molecule has 4 aromatic carbocycles. The van der Waals surface area contributed by atoms with Crippen molar-refractivity contribution in [2.24, 2.45) is 0 Å². The molecular weight excluding hydrogens is 412 g/mol. The Morgan fingerprint density at radius 3 is 2.35 bits per heavy atom. The Morgan fingerprint density at radius 1 is 0.839 bits per heavy atom. The predicted molar refractivity (Wildman–Crippen MR) is 120 cm³/mol. The minimum Gasteiger partial charge on any atom is -0.455 e. The van der Waals surface area contributed by atoms with Gasteiger partial charge in [0.05, 0.1) is 16.3 Å². The maximum absolute atomic E-state index is 13.1. The number of nitrogens with one attached hydrogen (secondary N) is 1. The van der Waals surface area contributed by atoms with E-state index >= 15 is 0 Å². The average Bonchev–Trinajstić information content (AvgIpc) is 2.99. The maximum Gasteiger partial charge on any atom is 0.265 e. The number of benzene rings is 4. The van der Waals surface area contributed by atoms with Crippen LogP contribution in [0.1, 0.15) is 0 Å². The molecule has 0 fully saturated rings. The van der Waals surface area contributed by atoms with Crippen LogP contribution in [0.25, 0.3) is 10.8 Å². The summed E-state index contributed by atoms with van der Waals surface area (Å²) in [4.78, 5) is 13.1. The van der Waals surface area contributed by atoms with Crippen LogP contribution in [-0.2, 0) is 14.8 Å². The van der Waals surface area contributed by atoms with E-state index < -0.39 is 15.9 Å². The average molecular weight is 430 g/mol. The highest BCUT2D eigenvalue weighted by Crippen LogP contribution is 2.41. The van der Waals surface area contributed by atoms with E-state index in [0.717, 1.165) is 9.69 Å². The van der Waals surface area contributed by atoms with Crippen LogP contribution in [0.3, 0.4) is 0 Å². The lowest BCUT2D eigenvalue weighted by Crippen LogP contribution is -2.35. The lowest BCUT2D eigenvalue weighted by molar-refractivity contribution is -0.114. The van der Waals surface area contributed by atoms with Gasteiger partial charge in [-0.3, -0.25) is 9.10 Å². The number of hydrogen-bond acceptors (Lipinski definition) is 4. The number of para-hydroxylation sites is 3. The van der Waals surface area contributed by atoms with Gasteiger partial charge in [-0.1, -0.05) is 54.6 Å². The molecule has 5 rings (SSSR count). The summed E-state index contributed by atoms with van der Waals surface area (Å²) >= 11 is 0. The number of sulfonamides is 1. The molecule has 0 spiro atoms. The third-order valence-corrected chi connectivity index (χ3v) is 6.90. The fourth-order valence-electron chi connectivity index (χ4n) is 3.72. The van der Waals surface area contributed by atoms with Crippen LogP contribution < -0.4 is 14.4 Å². The normalized spacial score (nSPS) is 13.9. The summed E-state index contributed by atoms with van der Waals surface area (Å²) in [5.41, 5.74) is 0.973. The van der Waals surface area contributed by atoms with E-state index in [2.05, 4.69) is 5.32 Å². The summed E-state index contributed by atoms with van der Waals surface area (Å²) in [5.74, 6) is 0.641. The quantitative estimate of drug-likeness (QED) is 0.494. The Balaban J connectivity index is 1.41. The first-order valence-electron chi connectivity index (χ1n) is 9.70. The molecule has 1 heterocycles. The summed E-state index contributed by atoms with van der Waals surface area (Å²) < 4.78 is 33.2. The molecule has 31 heavy (non-hydrogen) atoms. The summed E-state index contributed by atoms with van der Waals surface area (Å²) in [6, 6.07) is 26.8. The van der Waals surface area contributed by atoms with E-state index in [1.165, 1.54) is 0 Å². The van der Waals surface area contributed by atoms with Gasteiger partial charge in [0, 0.05) is 5.39 Å². The molecule has 1 N–H and O–H groups in total. The van der Waals surface area contributed by atoms with Crippen molar-refractivity contribution in [3.63, 3.8) is 0 Å². The number of carbonyl (C=O) groups excluding carboxylic acids is 1. The van der Waals surface area contributed by atoms with Crippen molar-refractivity contribution in [3.05, 3.63) is 91.0 Å². The van der Waals surface area contributed by atoms with E-state index in [-0.39, 0.29) is 11.4 Å². The second-order valence-electron chi connectivity index (χ2n) is 7.10. The predicted octanol–water partition coefficient (Wildman–Crippen LogP) is 4.78. The minimum absolute atomic E-state index is 0.223. The zero-order valence-corrected chi connectivity index (χ0v) is 17.2. The minimum atomic E-state index is -3.80. The fraction of sp³-hybridized carbons (Fsp3) is 0.0417. The highest BCUT2D eigenvalue weighted by atomic mass is 32.2. The first-order valence-corrected chi connectivity index (χ1v) is 11.1. The molecule has 0 saturated heterocycles. The Hall–Kier alpha value is -3.84. The number of anilines is 2. The fourth-order valence-corrected chi connectivity index (χ4v) is 5.39. The molecular formula is C24H18N2O4S. The second-order valence-corrected chi connectivity index (χ2v) is 8.93. The van der Waals surface area contributed by atoms with Gasteiger partial charge in [0.25, 0.3) is 10.0 Å². The first kappa shape index (κ1) is 19.1. The van der Waals surface area contributed by atoms with E-state index in [9.17, 15) is 13.2 Å². The van der Waals surface area contributed by atoms with E-state index in [1.807, 2.05) is 42.5 Å². The lowest BCUT2D eigenvalue weighted by Gasteiger charge is -2.19. The van der Waals surface area contributed by atoms with Crippen molar-refractivity contribution in [2.75, 3.05) is 16.2 Å². The second kappa shape index (κ2) is 7.45. The van der Waals surface area contributed by atoms with Crippen LogP contribution >= 0.6 is 0 Å². The summed E-state index contributed by atoms with van der Waals surface area (Å²) in [6.45, 7) is -0.338. The van der Waals surface area contributed by atoms with Crippen molar-refractivity contribution in [1.82, 2.24) is 0 Å². The number of nitrogens with zero attached hydrogens (tertiary/aromatic N) is 1. The van der Waals surface area contributed by atoms with Crippen molar-refractivity contribution in [1.29, 1.82) is 0 Å². The van der Waals surface area contributed by atoms with Gasteiger partial charge < -0.3 is 10.1 Å². The molecule has 0 saturated carbocycles. The Bertz CT molecular complexity index is 1400. The van der Waals surface area contributed by atoms with E-state index in [0.29, 0.717) is 28.3 Å². The monoisotopic (exact) mass is 430 g/mol. The van der Waals surface area contributed by atoms with Crippen molar-refractivity contribution >= 4 is 38.1 Å². The van der Waals surface area contributed by atoms with Gasteiger partial charge in [-0.15, -0.1) is 0 Å². The highest BCUT2D eigenvalue weighted by molar-refractivity contribution is 7.93. The number of ether oxygens (including phenoxy) is 1. The van der Waals surface area contributed by atoms with Crippen LogP contribution in [-0.4, -0.2) is 20.9 Å². The lowest BCUT2D eigenvalue weighted by atomic mass is 10.1. The molecule has 4 aromatic rings. The van der Waals surface area contributed by atoms with Gasteiger partial charge in [-0.2, -0.15) is 0 Å². The molecule has 154 valence electrons.